The summed E-state index contributed by atoms with van der Waals surface area (Å²) in [5, 5.41) is 2.94. The average Bonchev–Trinajstić information content (AvgIpc) is 2.99. The summed E-state index contributed by atoms with van der Waals surface area (Å²) in [6.07, 6.45) is 10.5. The molecule has 5 heteroatoms. The third-order valence-electron chi connectivity index (χ3n) is 3.06. The third kappa shape index (κ3) is 5.22. The van der Waals surface area contributed by atoms with Crippen molar-refractivity contribution in [1.29, 1.82) is 0 Å². The van der Waals surface area contributed by atoms with Gasteiger partial charge in [-0.1, -0.05) is 6.07 Å². The second-order valence-corrected chi connectivity index (χ2v) is 4.68. The second kappa shape index (κ2) is 8.09. The van der Waals surface area contributed by atoms with Crippen molar-refractivity contribution in [1.82, 2.24) is 19.9 Å². The second-order valence-electron chi connectivity index (χ2n) is 4.68. The van der Waals surface area contributed by atoms with E-state index in [1.54, 1.807) is 12.4 Å². The minimum absolute atomic E-state index is 0.0956. The van der Waals surface area contributed by atoms with E-state index in [4.69, 9.17) is 0 Å². The van der Waals surface area contributed by atoms with Crippen LogP contribution in [0, 0.1) is 0 Å². The monoisotopic (exact) mass is 272 g/mol. The molecule has 1 N–H and O–H groups in total. The fourth-order valence-electron chi connectivity index (χ4n) is 1.94. The van der Waals surface area contributed by atoms with Gasteiger partial charge < -0.3 is 9.88 Å². The highest BCUT2D eigenvalue weighted by Crippen LogP contribution is 1.98. The van der Waals surface area contributed by atoms with Gasteiger partial charge in [0.1, 0.15) is 0 Å². The van der Waals surface area contributed by atoms with Gasteiger partial charge in [-0.05, 0) is 31.4 Å². The number of hydrogen-bond donors (Lipinski definition) is 1. The molecule has 0 unspecified atom stereocenters. The van der Waals surface area contributed by atoms with Crippen LogP contribution in [0.3, 0.4) is 0 Å². The summed E-state index contributed by atoms with van der Waals surface area (Å²) in [5.41, 5.74) is 0.961. The molecule has 0 fully saturated rings. The standard InChI is InChI=1S/C15H20N4O/c20-15(7-6-14-5-1-2-8-17-14)18-9-3-4-11-19-12-10-16-13-19/h1-2,5,8,10,12-13H,3-4,6-7,9,11H2,(H,18,20). The number of amides is 1. The molecule has 0 atom stereocenters. The van der Waals surface area contributed by atoms with Crippen LogP contribution in [0.5, 0.6) is 0 Å². The average molecular weight is 272 g/mol. The fourth-order valence-corrected chi connectivity index (χ4v) is 1.94. The quantitative estimate of drug-likeness (QED) is 0.746. The number of nitrogens with zero attached hydrogens (tertiary/aromatic N) is 3. The van der Waals surface area contributed by atoms with Crippen LogP contribution in [0.15, 0.2) is 43.1 Å². The number of carbonyl (C=O) groups is 1. The van der Waals surface area contributed by atoms with Crippen LogP contribution in [0.2, 0.25) is 0 Å². The van der Waals surface area contributed by atoms with E-state index in [9.17, 15) is 4.79 Å². The summed E-state index contributed by atoms with van der Waals surface area (Å²) in [6, 6.07) is 5.76. The first-order valence-corrected chi connectivity index (χ1v) is 6.97. The maximum atomic E-state index is 11.7. The van der Waals surface area contributed by atoms with Crippen molar-refractivity contribution < 1.29 is 4.79 Å². The van der Waals surface area contributed by atoms with Crippen molar-refractivity contribution in [2.75, 3.05) is 6.54 Å². The van der Waals surface area contributed by atoms with Crippen LogP contribution in [-0.4, -0.2) is 27.0 Å². The zero-order valence-corrected chi connectivity index (χ0v) is 11.5. The van der Waals surface area contributed by atoms with Crippen LogP contribution < -0.4 is 5.32 Å². The summed E-state index contributed by atoms with van der Waals surface area (Å²) in [4.78, 5) is 19.8. The first-order chi connectivity index (χ1) is 9.84. The number of hydrogen-bond acceptors (Lipinski definition) is 3. The van der Waals surface area contributed by atoms with E-state index >= 15 is 0 Å². The van der Waals surface area contributed by atoms with Crippen LogP contribution in [-0.2, 0) is 17.8 Å². The predicted octanol–water partition coefficient (Wildman–Crippen LogP) is 1.81. The normalized spacial score (nSPS) is 10.4. The summed E-state index contributed by atoms with van der Waals surface area (Å²) in [7, 11) is 0. The Kier molecular flexibility index (Phi) is 5.76. The van der Waals surface area contributed by atoms with Gasteiger partial charge in [-0.3, -0.25) is 9.78 Å². The predicted molar refractivity (Wildman–Crippen MR) is 77.0 cm³/mol. The molecule has 0 radical (unpaired) electrons. The molecule has 0 aliphatic rings. The highest BCUT2D eigenvalue weighted by atomic mass is 16.1. The minimum atomic E-state index is 0.0956. The van der Waals surface area contributed by atoms with Gasteiger partial charge in [-0.25, -0.2) is 4.98 Å². The van der Waals surface area contributed by atoms with E-state index in [0.29, 0.717) is 12.8 Å². The molecule has 1 amide bonds. The van der Waals surface area contributed by atoms with Crippen LogP contribution in [0.1, 0.15) is 25.0 Å². The molecule has 20 heavy (non-hydrogen) atoms. The summed E-state index contributed by atoms with van der Waals surface area (Å²) in [5.74, 6) is 0.0956. The molecule has 0 aliphatic heterocycles. The smallest absolute Gasteiger partial charge is 0.220 e. The summed E-state index contributed by atoms with van der Waals surface area (Å²) >= 11 is 0. The van der Waals surface area contributed by atoms with Gasteiger partial charge in [0.05, 0.1) is 6.33 Å². The maximum absolute atomic E-state index is 11.7. The lowest BCUT2D eigenvalue weighted by Crippen LogP contribution is -2.24. The molecule has 0 saturated carbocycles. The number of pyridine rings is 1. The SMILES string of the molecule is O=C(CCc1ccccn1)NCCCCn1ccnc1. The van der Waals surface area contributed by atoms with Gasteiger partial charge in [0.2, 0.25) is 5.91 Å². The first kappa shape index (κ1) is 14.2. The van der Waals surface area contributed by atoms with Crippen molar-refractivity contribution >= 4 is 5.91 Å². The van der Waals surface area contributed by atoms with E-state index in [0.717, 1.165) is 31.6 Å². The van der Waals surface area contributed by atoms with Crippen molar-refractivity contribution in [3.63, 3.8) is 0 Å². The van der Waals surface area contributed by atoms with Crippen LogP contribution in [0.4, 0.5) is 0 Å². The number of rotatable bonds is 8. The summed E-state index contributed by atoms with van der Waals surface area (Å²) < 4.78 is 2.04. The Morgan fingerprint density at radius 2 is 2.20 bits per heavy atom. The van der Waals surface area contributed by atoms with Gasteiger partial charge in [0.25, 0.3) is 0 Å². The molecule has 106 valence electrons. The number of unbranched alkanes of at least 4 members (excludes halogenated alkanes) is 1. The largest absolute Gasteiger partial charge is 0.356 e. The lowest BCUT2D eigenvalue weighted by Gasteiger charge is -2.05. The van der Waals surface area contributed by atoms with Gasteiger partial charge >= 0.3 is 0 Å². The zero-order chi connectivity index (χ0) is 14.0. The van der Waals surface area contributed by atoms with E-state index in [-0.39, 0.29) is 5.91 Å². The van der Waals surface area contributed by atoms with Crippen molar-refractivity contribution in [2.45, 2.75) is 32.2 Å². The third-order valence-corrected chi connectivity index (χ3v) is 3.06. The van der Waals surface area contributed by atoms with Gasteiger partial charge in [-0.2, -0.15) is 0 Å². The van der Waals surface area contributed by atoms with Crippen LogP contribution in [0.25, 0.3) is 0 Å². The van der Waals surface area contributed by atoms with Gasteiger partial charge in [0.15, 0.2) is 0 Å². The molecule has 0 aromatic carbocycles. The molecule has 2 aromatic rings. The Balaban J connectivity index is 1.52. The van der Waals surface area contributed by atoms with E-state index in [1.165, 1.54) is 0 Å². The number of carbonyl (C=O) groups excluding carboxylic acids is 1. The Morgan fingerprint density at radius 1 is 1.25 bits per heavy atom. The minimum Gasteiger partial charge on any atom is -0.356 e. The molecule has 2 aromatic heterocycles. The van der Waals surface area contributed by atoms with E-state index in [2.05, 4.69) is 15.3 Å². The zero-order valence-electron chi connectivity index (χ0n) is 11.5. The van der Waals surface area contributed by atoms with Gasteiger partial charge in [-0.15, -0.1) is 0 Å². The number of nitrogens with one attached hydrogen (secondary N) is 1. The lowest BCUT2D eigenvalue weighted by atomic mass is 10.2. The van der Waals surface area contributed by atoms with Crippen molar-refractivity contribution in [3.05, 3.63) is 48.8 Å². The highest BCUT2D eigenvalue weighted by Gasteiger charge is 2.02. The lowest BCUT2D eigenvalue weighted by molar-refractivity contribution is -0.121. The first-order valence-electron chi connectivity index (χ1n) is 6.97. The Labute approximate surface area is 119 Å². The Hall–Kier alpha value is -2.17. The Morgan fingerprint density at radius 3 is 2.95 bits per heavy atom. The summed E-state index contributed by atoms with van der Waals surface area (Å²) in [6.45, 7) is 1.68. The maximum Gasteiger partial charge on any atom is 0.220 e. The Bertz CT molecular complexity index is 496. The molecular formula is C15H20N4O. The topological polar surface area (TPSA) is 59.8 Å². The molecular weight excluding hydrogens is 252 g/mol. The number of aryl methyl sites for hydroxylation is 2. The highest BCUT2D eigenvalue weighted by molar-refractivity contribution is 5.76. The molecule has 2 heterocycles. The molecule has 0 bridgehead atoms. The number of aromatic nitrogens is 3. The fraction of sp³-hybridized carbons (Fsp3) is 0.400. The van der Waals surface area contributed by atoms with E-state index < -0.39 is 0 Å². The van der Waals surface area contributed by atoms with Crippen molar-refractivity contribution in [3.8, 4) is 0 Å². The van der Waals surface area contributed by atoms with Crippen LogP contribution >= 0.6 is 0 Å². The number of imidazole rings is 1. The molecule has 0 aliphatic carbocycles. The molecule has 2 rings (SSSR count). The molecule has 0 spiro atoms. The van der Waals surface area contributed by atoms with Crippen molar-refractivity contribution in [2.24, 2.45) is 0 Å². The van der Waals surface area contributed by atoms with Gasteiger partial charge in [0, 0.05) is 43.8 Å². The molecule has 5 nitrogen and oxygen atoms in total. The van der Waals surface area contributed by atoms with E-state index in [1.807, 2.05) is 35.3 Å². The molecule has 0 saturated heterocycles.